The van der Waals surface area contributed by atoms with Crippen LogP contribution in [0.25, 0.3) is 11.3 Å². The van der Waals surface area contributed by atoms with Crippen LogP contribution in [0.1, 0.15) is 0 Å². The largest absolute Gasteiger partial charge is 0.251 e. The second-order valence-electron chi connectivity index (χ2n) is 2.83. The van der Waals surface area contributed by atoms with Gasteiger partial charge in [0, 0.05) is 5.56 Å². The molecule has 0 unspecified atom stereocenters. The second-order valence-corrected chi connectivity index (χ2v) is 3.21. The van der Waals surface area contributed by atoms with Crippen molar-refractivity contribution in [3.05, 3.63) is 47.4 Å². The summed E-state index contributed by atoms with van der Waals surface area (Å²) in [6, 6.07) is 3.88. The molecule has 0 aliphatic carbocycles. The van der Waals surface area contributed by atoms with Gasteiger partial charge in [-0.3, -0.25) is 4.98 Å². The van der Waals surface area contributed by atoms with E-state index in [1.54, 1.807) is 0 Å². The third-order valence-electron chi connectivity index (χ3n) is 1.85. The fourth-order valence-electron chi connectivity index (χ4n) is 1.15. The van der Waals surface area contributed by atoms with Gasteiger partial charge in [-0.15, -0.1) is 0 Å². The molecule has 0 bridgehead atoms. The molecule has 5 heteroatoms. The molecule has 2 aromatic rings. The van der Waals surface area contributed by atoms with Gasteiger partial charge in [-0.1, -0.05) is 17.7 Å². The molecule has 0 spiro atoms. The Bertz CT molecular complexity index is 485. The summed E-state index contributed by atoms with van der Waals surface area (Å²) in [4.78, 5) is 7.59. The molecule has 15 heavy (non-hydrogen) atoms. The fraction of sp³-hybridized carbons (Fsp3) is 0. The topological polar surface area (TPSA) is 25.8 Å². The first kappa shape index (κ1) is 9.98. The van der Waals surface area contributed by atoms with Gasteiger partial charge >= 0.3 is 0 Å². The summed E-state index contributed by atoms with van der Waals surface area (Å²) in [5.41, 5.74) is 0.315. The summed E-state index contributed by atoms with van der Waals surface area (Å²) in [6.07, 6.45) is 2.57. The standard InChI is InChI=1S/C10H5ClF2N2/c11-9-5-14-8(4-15-9)6-2-1-3-7(12)10(6)13/h1-5H. The zero-order chi connectivity index (χ0) is 10.8. The number of benzene rings is 1. The van der Waals surface area contributed by atoms with Crippen molar-refractivity contribution in [1.29, 1.82) is 0 Å². The SMILES string of the molecule is Fc1cccc(-c2cnc(Cl)cn2)c1F. The summed E-state index contributed by atoms with van der Waals surface area (Å²) in [6.45, 7) is 0. The van der Waals surface area contributed by atoms with E-state index in [-0.39, 0.29) is 16.4 Å². The van der Waals surface area contributed by atoms with Gasteiger partial charge in [-0.25, -0.2) is 13.8 Å². The van der Waals surface area contributed by atoms with Gasteiger partial charge in [0.05, 0.1) is 18.1 Å². The number of hydrogen-bond acceptors (Lipinski definition) is 2. The smallest absolute Gasteiger partial charge is 0.168 e. The van der Waals surface area contributed by atoms with Crippen LogP contribution in [0.2, 0.25) is 5.15 Å². The lowest BCUT2D eigenvalue weighted by Gasteiger charge is -2.02. The van der Waals surface area contributed by atoms with E-state index in [0.717, 1.165) is 6.07 Å². The molecule has 2 nitrogen and oxygen atoms in total. The zero-order valence-corrected chi connectivity index (χ0v) is 8.17. The van der Waals surface area contributed by atoms with Crippen molar-refractivity contribution in [3.63, 3.8) is 0 Å². The first-order valence-electron chi connectivity index (χ1n) is 4.10. The average molecular weight is 227 g/mol. The van der Waals surface area contributed by atoms with Gasteiger partial charge in [0.15, 0.2) is 11.6 Å². The Morgan fingerprint density at radius 3 is 2.53 bits per heavy atom. The highest BCUT2D eigenvalue weighted by Gasteiger charge is 2.10. The summed E-state index contributed by atoms with van der Waals surface area (Å²) in [5, 5.41) is 0.204. The Morgan fingerprint density at radius 2 is 1.87 bits per heavy atom. The Balaban J connectivity index is 2.54. The molecule has 0 amide bonds. The number of aromatic nitrogens is 2. The minimum absolute atomic E-state index is 0.0687. The Labute approximate surface area is 89.6 Å². The van der Waals surface area contributed by atoms with E-state index >= 15 is 0 Å². The van der Waals surface area contributed by atoms with E-state index in [2.05, 4.69) is 9.97 Å². The van der Waals surface area contributed by atoms with Crippen LogP contribution in [0.4, 0.5) is 8.78 Å². The van der Waals surface area contributed by atoms with E-state index in [1.165, 1.54) is 24.5 Å². The van der Waals surface area contributed by atoms with Crippen LogP contribution in [0.3, 0.4) is 0 Å². The van der Waals surface area contributed by atoms with Crippen LogP contribution >= 0.6 is 11.6 Å². The highest BCUT2D eigenvalue weighted by molar-refractivity contribution is 6.29. The molecule has 1 aromatic heterocycles. The summed E-state index contributed by atoms with van der Waals surface area (Å²) in [7, 11) is 0. The monoisotopic (exact) mass is 226 g/mol. The maximum Gasteiger partial charge on any atom is 0.168 e. The summed E-state index contributed by atoms with van der Waals surface area (Å²) in [5.74, 6) is -1.85. The van der Waals surface area contributed by atoms with Crippen molar-refractivity contribution in [2.24, 2.45) is 0 Å². The first-order chi connectivity index (χ1) is 7.18. The van der Waals surface area contributed by atoms with E-state index in [0.29, 0.717) is 0 Å². The molecule has 0 saturated carbocycles. The van der Waals surface area contributed by atoms with Gasteiger partial charge in [-0.2, -0.15) is 0 Å². The Hall–Kier alpha value is -1.55. The van der Waals surface area contributed by atoms with Crippen LogP contribution in [0.15, 0.2) is 30.6 Å². The van der Waals surface area contributed by atoms with Crippen molar-refractivity contribution in [2.45, 2.75) is 0 Å². The number of rotatable bonds is 1. The van der Waals surface area contributed by atoms with E-state index in [4.69, 9.17) is 11.6 Å². The third kappa shape index (κ3) is 1.94. The molecular weight excluding hydrogens is 222 g/mol. The molecule has 1 aromatic carbocycles. The van der Waals surface area contributed by atoms with Crippen LogP contribution in [0.5, 0.6) is 0 Å². The second kappa shape index (κ2) is 3.90. The first-order valence-corrected chi connectivity index (χ1v) is 4.48. The van der Waals surface area contributed by atoms with Crippen LogP contribution in [-0.2, 0) is 0 Å². The molecular formula is C10H5ClF2N2. The fourth-order valence-corrected chi connectivity index (χ4v) is 1.25. The van der Waals surface area contributed by atoms with Crippen molar-refractivity contribution in [1.82, 2.24) is 9.97 Å². The Kier molecular flexibility index (Phi) is 2.60. The van der Waals surface area contributed by atoms with Crippen molar-refractivity contribution >= 4 is 11.6 Å². The molecule has 0 N–H and O–H groups in total. The van der Waals surface area contributed by atoms with E-state index in [9.17, 15) is 8.78 Å². The number of hydrogen-bond donors (Lipinski definition) is 0. The van der Waals surface area contributed by atoms with Crippen molar-refractivity contribution < 1.29 is 8.78 Å². The summed E-state index contributed by atoms with van der Waals surface area (Å²) < 4.78 is 26.2. The maximum atomic E-state index is 13.3. The minimum atomic E-state index is -0.936. The van der Waals surface area contributed by atoms with Crippen molar-refractivity contribution in [3.8, 4) is 11.3 Å². The average Bonchev–Trinajstić information content (AvgIpc) is 2.24. The van der Waals surface area contributed by atoms with Gasteiger partial charge in [0.2, 0.25) is 0 Å². The molecule has 0 atom stereocenters. The number of halogens is 3. The lowest BCUT2D eigenvalue weighted by molar-refractivity contribution is 0.511. The molecule has 0 fully saturated rings. The van der Waals surface area contributed by atoms with Gasteiger partial charge in [0.25, 0.3) is 0 Å². The zero-order valence-electron chi connectivity index (χ0n) is 7.42. The molecule has 0 aliphatic heterocycles. The quantitative estimate of drug-likeness (QED) is 0.747. The molecule has 0 radical (unpaired) electrons. The highest BCUT2D eigenvalue weighted by Crippen LogP contribution is 2.22. The molecule has 2 rings (SSSR count). The van der Waals surface area contributed by atoms with Gasteiger partial charge in [0.1, 0.15) is 5.15 Å². The van der Waals surface area contributed by atoms with Crippen molar-refractivity contribution in [2.75, 3.05) is 0 Å². The van der Waals surface area contributed by atoms with Crippen LogP contribution < -0.4 is 0 Å². The van der Waals surface area contributed by atoms with Crippen LogP contribution in [0, 0.1) is 11.6 Å². The lowest BCUT2D eigenvalue weighted by atomic mass is 10.1. The lowest BCUT2D eigenvalue weighted by Crippen LogP contribution is -1.92. The Morgan fingerprint density at radius 1 is 1.07 bits per heavy atom. The minimum Gasteiger partial charge on any atom is -0.251 e. The predicted octanol–water partition coefficient (Wildman–Crippen LogP) is 3.08. The predicted molar refractivity (Wildman–Crippen MR) is 52.4 cm³/mol. The highest BCUT2D eigenvalue weighted by atomic mass is 35.5. The normalized spacial score (nSPS) is 10.3. The van der Waals surface area contributed by atoms with Gasteiger partial charge in [-0.05, 0) is 12.1 Å². The third-order valence-corrected chi connectivity index (χ3v) is 2.04. The van der Waals surface area contributed by atoms with Crippen LogP contribution in [-0.4, -0.2) is 9.97 Å². The van der Waals surface area contributed by atoms with E-state index in [1.807, 2.05) is 0 Å². The van der Waals surface area contributed by atoms with E-state index < -0.39 is 11.6 Å². The molecule has 76 valence electrons. The van der Waals surface area contributed by atoms with Gasteiger partial charge < -0.3 is 0 Å². The number of nitrogens with zero attached hydrogens (tertiary/aromatic N) is 2. The molecule has 0 aliphatic rings. The molecule has 1 heterocycles. The summed E-state index contributed by atoms with van der Waals surface area (Å²) >= 11 is 5.53. The molecule has 0 saturated heterocycles. The maximum absolute atomic E-state index is 13.3.